The highest BCUT2D eigenvalue weighted by molar-refractivity contribution is 5.85. The van der Waals surface area contributed by atoms with Crippen LogP contribution in [0.1, 0.15) is 114 Å². The lowest BCUT2D eigenvalue weighted by Crippen LogP contribution is -2.65. The standard InChI is InChI=1S/C32H50O5/c1-18(16-23(36-19(2)33)27-29(5,6)37-27)20-10-14-31(8)21(20)17-22(34)26-30(7)13-12-25(35)28(3,4)24(30)11-15-32(26,31)9/h18,22-24,26-27,34H,10-17H2,1-9H3/t18-,22+,23?,24+,26+,27-,30+,31+,32+/m1/s1. The number of allylic oxidation sites excluding steroid dienone is 1. The lowest BCUT2D eigenvalue weighted by molar-refractivity contribution is -0.208. The molecule has 5 aliphatic rings. The van der Waals surface area contributed by atoms with Crippen LogP contribution in [0.5, 0.6) is 0 Å². The maximum atomic E-state index is 12.9. The molecule has 1 unspecified atom stereocenters. The third kappa shape index (κ3) is 3.84. The van der Waals surface area contributed by atoms with Crippen LogP contribution in [-0.4, -0.2) is 40.8 Å². The Labute approximate surface area is 224 Å². The van der Waals surface area contributed by atoms with Crippen LogP contribution in [0.15, 0.2) is 11.1 Å². The van der Waals surface area contributed by atoms with Crippen LogP contribution in [-0.2, 0) is 19.1 Å². The predicted octanol–water partition coefficient (Wildman–Crippen LogP) is 6.41. The van der Waals surface area contributed by atoms with Crippen LogP contribution in [0.25, 0.3) is 0 Å². The summed E-state index contributed by atoms with van der Waals surface area (Å²) in [5, 5.41) is 11.9. The van der Waals surface area contributed by atoms with Crippen LogP contribution in [0, 0.1) is 39.4 Å². The highest BCUT2D eigenvalue weighted by Crippen LogP contribution is 2.74. The SMILES string of the molecule is CC(=O)OC(C[C@@H](C)C1=C2C[C@H](O)[C@H]3[C@@]4(C)CCC(=O)C(C)(C)[C@@H]4CC[C@]3(C)[C@@]2(C)CC1)[C@H]1OC1(C)C. The molecule has 5 rings (SSSR count). The van der Waals surface area contributed by atoms with Gasteiger partial charge >= 0.3 is 5.97 Å². The Morgan fingerprint density at radius 2 is 1.73 bits per heavy atom. The maximum Gasteiger partial charge on any atom is 0.302 e. The van der Waals surface area contributed by atoms with E-state index in [0.717, 1.165) is 44.9 Å². The zero-order chi connectivity index (χ0) is 27.3. The van der Waals surface area contributed by atoms with E-state index in [1.165, 1.54) is 18.1 Å². The summed E-state index contributed by atoms with van der Waals surface area (Å²) in [5.74, 6) is 0.947. The van der Waals surface area contributed by atoms with Crippen LogP contribution < -0.4 is 0 Å². The molecule has 37 heavy (non-hydrogen) atoms. The first-order valence-corrected chi connectivity index (χ1v) is 14.8. The van der Waals surface area contributed by atoms with Gasteiger partial charge in [-0.3, -0.25) is 9.59 Å². The third-order valence-electron chi connectivity index (χ3n) is 12.5. The number of aliphatic hydroxyl groups excluding tert-OH is 1. The van der Waals surface area contributed by atoms with E-state index in [-0.39, 0.29) is 63.4 Å². The largest absolute Gasteiger partial charge is 0.460 e. The van der Waals surface area contributed by atoms with Gasteiger partial charge in [-0.2, -0.15) is 0 Å². The molecule has 208 valence electrons. The Morgan fingerprint density at radius 3 is 2.32 bits per heavy atom. The van der Waals surface area contributed by atoms with Crippen molar-refractivity contribution >= 4 is 11.8 Å². The second-order valence-electron chi connectivity index (χ2n) is 15.2. The van der Waals surface area contributed by atoms with Gasteiger partial charge in [0.2, 0.25) is 0 Å². The van der Waals surface area contributed by atoms with Crippen molar-refractivity contribution in [3.05, 3.63) is 11.1 Å². The van der Waals surface area contributed by atoms with Crippen molar-refractivity contribution in [2.45, 2.75) is 138 Å². The summed E-state index contributed by atoms with van der Waals surface area (Å²) >= 11 is 0. The van der Waals surface area contributed by atoms with Crippen molar-refractivity contribution < 1.29 is 24.2 Å². The van der Waals surface area contributed by atoms with Crippen molar-refractivity contribution in [3.63, 3.8) is 0 Å². The van der Waals surface area contributed by atoms with Gasteiger partial charge in [0.15, 0.2) is 0 Å². The first-order chi connectivity index (χ1) is 17.0. The molecule has 1 heterocycles. The Bertz CT molecular complexity index is 1020. The zero-order valence-corrected chi connectivity index (χ0v) is 24.7. The van der Waals surface area contributed by atoms with E-state index in [1.54, 1.807) is 0 Å². The number of fused-ring (bicyclic) bond motifs is 5. The molecule has 4 aliphatic carbocycles. The lowest BCUT2D eigenvalue weighted by atomic mass is 9.36. The molecule has 1 saturated heterocycles. The first-order valence-electron chi connectivity index (χ1n) is 14.8. The molecule has 9 atom stereocenters. The fraction of sp³-hybridized carbons (Fsp3) is 0.875. The van der Waals surface area contributed by atoms with E-state index in [1.807, 2.05) is 0 Å². The van der Waals surface area contributed by atoms with Crippen LogP contribution in [0.3, 0.4) is 0 Å². The minimum atomic E-state index is -0.389. The van der Waals surface area contributed by atoms with E-state index in [4.69, 9.17) is 9.47 Å². The smallest absolute Gasteiger partial charge is 0.302 e. The summed E-state index contributed by atoms with van der Waals surface area (Å²) in [5.41, 5.74) is 2.41. The second-order valence-corrected chi connectivity index (χ2v) is 15.2. The van der Waals surface area contributed by atoms with Gasteiger partial charge < -0.3 is 14.6 Å². The summed E-state index contributed by atoms with van der Waals surface area (Å²) < 4.78 is 11.7. The predicted molar refractivity (Wildman–Crippen MR) is 144 cm³/mol. The number of ketones is 1. The lowest BCUT2D eigenvalue weighted by Gasteiger charge is -2.69. The summed E-state index contributed by atoms with van der Waals surface area (Å²) in [6, 6.07) is 0. The number of hydrogen-bond donors (Lipinski definition) is 1. The molecule has 0 radical (unpaired) electrons. The Morgan fingerprint density at radius 1 is 1.08 bits per heavy atom. The molecule has 5 heteroatoms. The summed E-state index contributed by atoms with van der Waals surface area (Å²) in [6.07, 6.45) is 6.64. The molecule has 4 fully saturated rings. The monoisotopic (exact) mass is 514 g/mol. The number of Topliss-reactive ketones (excluding diaryl/α,β-unsaturated/α-hetero) is 1. The zero-order valence-electron chi connectivity index (χ0n) is 24.7. The number of rotatable bonds is 5. The molecule has 0 bridgehead atoms. The fourth-order valence-corrected chi connectivity index (χ4v) is 10.4. The minimum absolute atomic E-state index is 0.0000676. The Balaban J connectivity index is 1.46. The van der Waals surface area contributed by atoms with Crippen molar-refractivity contribution in [1.82, 2.24) is 0 Å². The second kappa shape index (κ2) is 8.40. The van der Waals surface area contributed by atoms with E-state index in [2.05, 4.69) is 55.4 Å². The minimum Gasteiger partial charge on any atom is -0.460 e. The normalized spacial score (nSPS) is 45.4. The van der Waals surface area contributed by atoms with E-state index >= 15 is 0 Å². The molecule has 5 nitrogen and oxygen atoms in total. The average molecular weight is 515 g/mol. The quantitative estimate of drug-likeness (QED) is 0.261. The van der Waals surface area contributed by atoms with Crippen molar-refractivity contribution in [1.29, 1.82) is 0 Å². The van der Waals surface area contributed by atoms with E-state index in [9.17, 15) is 14.7 Å². The van der Waals surface area contributed by atoms with Gasteiger partial charge in [0, 0.05) is 18.8 Å². The Hall–Kier alpha value is -1.20. The van der Waals surface area contributed by atoms with E-state index < -0.39 is 0 Å². The van der Waals surface area contributed by atoms with Crippen molar-refractivity contribution in [2.75, 3.05) is 0 Å². The van der Waals surface area contributed by atoms with Gasteiger partial charge in [0.25, 0.3) is 0 Å². The number of carbonyl (C=O) groups is 2. The van der Waals surface area contributed by atoms with Gasteiger partial charge in [-0.25, -0.2) is 0 Å². The number of ether oxygens (including phenoxy) is 2. The van der Waals surface area contributed by atoms with Gasteiger partial charge in [-0.05, 0) is 92.8 Å². The van der Waals surface area contributed by atoms with Crippen LogP contribution >= 0.6 is 0 Å². The number of aliphatic hydroxyl groups is 1. The molecule has 1 aliphatic heterocycles. The highest BCUT2D eigenvalue weighted by atomic mass is 16.6. The number of epoxide rings is 1. The van der Waals surface area contributed by atoms with Crippen molar-refractivity contribution in [2.24, 2.45) is 39.4 Å². The molecule has 1 N–H and O–H groups in total. The van der Waals surface area contributed by atoms with Gasteiger partial charge in [0.05, 0.1) is 11.7 Å². The molecule has 0 aromatic carbocycles. The molecule has 0 aromatic rings. The number of hydrogen-bond acceptors (Lipinski definition) is 5. The van der Waals surface area contributed by atoms with Crippen LogP contribution in [0.2, 0.25) is 0 Å². The average Bonchev–Trinajstić information content (AvgIpc) is 3.27. The maximum absolute atomic E-state index is 12.9. The summed E-state index contributed by atoms with van der Waals surface area (Å²) in [6.45, 7) is 19.5. The first kappa shape index (κ1) is 27.4. The third-order valence-corrected chi connectivity index (χ3v) is 12.5. The Kier molecular flexibility index (Phi) is 6.21. The van der Waals surface area contributed by atoms with Crippen LogP contribution in [0.4, 0.5) is 0 Å². The van der Waals surface area contributed by atoms with Gasteiger partial charge in [0.1, 0.15) is 18.0 Å². The van der Waals surface area contributed by atoms with Gasteiger partial charge in [-0.15, -0.1) is 0 Å². The van der Waals surface area contributed by atoms with Crippen molar-refractivity contribution in [3.8, 4) is 0 Å². The number of carbonyl (C=O) groups excluding carboxylic acids is 2. The molecule has 0 spiro atoms. The van der Waals surface area contributed by atoms with E-state index in [0.29, 0.717) is 18.1 Å². The van der Waals surface area contributed by atoms with Gasteiger partial charge in [-0.1, -0.05) is 52.7 Å². The molecule has 0 amide bonds. The summed E-state index contributed by atoms with van der Waals surface area (Å²) in [7, 11) is 0. The molecular weight excluding hydrogens is 464 g/mol. The molecular formula is C32H50O5. The molecule has 3 saturated carbocycles. The highest BCUT2D eigenvalue weighted by Gasteiger charge is 2.69. The fourth-order valence-electron chi connectivity index (χ4n) is 10.4. The topological polar surface area (TPSA) is 76.1 Å². The summed E-state index contributed by atoms with van der Waals surface area (Å²) in [4.78, 5) is 24.8. The molecule has 0 aromatic heterocycles. The number of esters is 1.